The summed E-state index contributed by atoms with van der Waals surface area (Å²) in [5.41, 5.74) is 5.67. The number of thioether (sulfide) groups is 1. The van der Waals surface area contributed by atoms with Gasteiger partial charge in [-0.1, -0.05) is 5.16 Å². The number of oxime groups is 1. The van der Waals surface area contributed by atoms with Crippen molar-refractivity contribution in [2.24, 2.45) is 5.16 Å². The number of rotatable bonds is 7. The zero-order chi connectivity index (χ0) is 22.0. The van der Waals surface area contributed by atoms with Gasteiger partial charge in [-0.3, -0.25) is 19.3 Å². The second kappa shape index (κ2) is 8.71. The van der Waals surface area contributed by atoms with E-state index in [-0.39, 0.29) is 34.6 Å². The Kier molecular flexibility index (Phi) is 6.26. The van der Waals surface area contributed by atoms with Crippen molar-refractivity contribution in [3.8, 4) is 0 Å². The molecule has 2 aliphatic heterocycles. The molecule has 2 amide bonds. The fraction of sp³-hybridized carbons (Fsp3) is 0.375. The van der Waals surface area contributed by atoms with Crippen LogP contribution in [-0.4, -0.2) is 75.3 Å². The Morgan fingerprint density at radius 2 is 2.20 bits per heavy atom. The molecule has 3 heterocycles. The predicted octanol–water partition coefficient (Wildman–Crippen LogP) is -0.622. The molecule has 160 valence electrons. The highest BCUT2D eigenvalue weighted by molar-refractivity contribution is 8.00. The number of anilines is 1. The van der Waals surface area contributed by atoms with Crippen LogP contribution in [0.3, 0.4) is 0 Å². The summed E-state index contributed by atoms with van der Waals surface area (Å²) in [6.45, 7) is 0.975. The Labute approximate surface area is 178 Å². The average molecular weight is 455 g/mol. The monoisotopic (exact) mass is 455 g/mol. The number of amides is 2. The number of carboxylic acids is 1. The van der Waals surface area contributed by atoms with Gasteiger partial charge in [-0.05, 0) is 0 Å². The molecule has 1 saturated heterocycles. The molecule has 1 fully saturated rings. The molecule has 3 rings (SSSR count). The summed E-state index contributed by atoms with van der Waals surface area (Å²) in [5, 5.41) is 16.9. The number of carbonyl (C=O) groups excluding carboxylic acids is 3. The van der Waals surface area contributed by atoms with Crippen LogP contribution in [0.5, 0.6) is 0 Å². The van der Waals surface area contributed by atoms with Crippen LogP contribution < -0.4 is 11.1 Å². The Morgan fingerprint density at radius 1 is 1.47 bits per heavy atom. The first-order valence-corrected chi connectivity index (χ1v) is 10.3. The molecule has 14 heteroatoms. The Balaban J connectivity index is 1.77. The number of aliphatic carboxylic acids is 1. The van der Waals surface area contributed by atoms with Crippen molar-refractivity contribution >= 4 is 57.7 Å². The van der Waals surface area contributed by atoms with Crippen LogP contribution in [0.2, 0.25) is 0 Å². The Hall–Kier alpha value is -3.13. The van der Waals surface area contributed by atoms with Gasteiger partial charge in [0.25, 0.3) is 11.8 Å². The second-order valence-corrected chi connectivity index (χ2v) is 8.09. The van der Waals surface area contributed by atoms with E-state index in [0.717, 1.165) is 16.2 Å². The maximum atomic E-state index is 12.7. The highest BCUT2D eigenvalue weighted by atomic mass is 32.2. The van der Waals surface area contributed by atoms with E-state index in [1.807, 2.05) is 0 Å². The van der Waals surface area contributed by atoms with Crippen LogP contribution in [0.1, 0.15) is 12.6 Å². The number of nitrogens with two attached hydrogens (primary N) is 1. The Morgan fingerprint density at radius 3 is 2.77 bits per heavy atom. The molecular formula is C16H17N5O7S2. The highest BCUT2D eigenvalue weighted by Crippen LogP contribution is 2.40. The standard InChI is InChI=1S/C16H17N5O7S2/c1-6(22)28-3-7-4-29-14-10(13(24)21(14)11(7)15(25)26)19-12(23)9(20-27-2)8-5-30-16(17)18-8/h5,10,14H,3-4H2,1-2H3,(H2,17,18)(H,19,23)(H,25,26)/b20-9+/t10-,14+/m1/s1. The van der Waals surface area contributed by atoms with Gasteiger partial charge in [0.05, 0.1) is 0 Å². The SMILES string of the molecule is CO/N=C(/C(=O)N[C@@H]1C(=O)N2C(C(=O)O)=C(COC(C)=O)CS[C@@H]12)c1csc(N)n1. The zero-order valence-corrected chi connectivity index (χ0v) is 17.4. The van der Waals surface area contributed by atoms with Crippen molar-refractivity contribution in [2.45, 2.75) is 18.3 Å². The minimum absolute atomic E-state index is 0.165. The van der Waals surface area contributed by atoms with E-state index in [9.17, 15) is 24.3 Å². The van der Waals surface area contributed by atoms with E-state index in [1.165, 1.54) is 31.2 Å². The maximum absolute atomic E-state index is 12.7. The minimum atomic E-state index is -1.32. The van der Waals surface area contributed by atoms with Crippen LogP contribution in [0, 0.1) is 0 Å². The van der Waals surface area contributed by atoms with Crippen LogP contribution in [0.4, 0.5) is 5.13 Å². The quantitative estimate of drug-likeness (QED) is 0.208. The van der Waals surface area contributed by atoms with Gasteiger partial charge in [-0.15, -0.1) is 23.1 Å². The van der Waals surface area contributed by atoms with Crippen molar-refractivity contribution in [2.75, 3.05) is 25.2 Å². The summed E-state index contributed by atoms with van der Waals surface area (Å²) in [5.74, 6) is -2.98. The lowest BCUT2D eigenvalue weighted by atomic mass is 10.0. The molecule has 4 N–H and O–H groups in total. The predicted molar refractivity (Wildman–Crippen MR) is 106 cm³/mol. The van der Waals surface area contributed by atoms with Gasteiger partial charge < -0.3 is 25.7 Å². The number of nitrogens with one attached hydrogen (secondary N) is 1. The molecule has 12 nitrogen and oxygen atoms in total. The van der Waals surface area contributed by atoms with Crippen LogP contribution in [0.25, 0.3) is 0 Å². The topological polar surface area (TPSA) is 174 Å². The fourth-order valence-electron chi connectivity index (χ4n) is 2.88. The Bertz CT molecular complexity index is 973. The summed E-state index contributed by atoms with van der Waals surface area (Å²) in [6, 6.07) is -0.967. The van der Waals surface area contributed by atoms with Gasteiger partial charge in [0.2, 0.25) is 0 Å². The number of thiazole rings is 1. The number of hydrogen-bond acceptors (Lipinski definition) is 11. The lowest BCUT2D eigenvalue weighted by molar-refractivity contribution is -0.150. The minimum Gasteiger partial charge on any atom is -0.477 e. The van der Waals surface area contributed by atoms with Crippen LogP contribution in [-0.2, 0) is 28.8 Å². The smallest absolute Gasteiger partial charge is 0.352 e. The number of fused-ring (bicyclic) bond motifs is 1. The van der Waals surface area contributed by atoms with Gasteiger partial charge >= 0.3 is 11.9 Å². The number of ether oxygens (including phenoxy) is 1. The van der Waals surface area contributed by atoms with E-state index in [1.54, 1.807) is 0 Å². The van der Waals surface area contributed by atoms with Crippen LogP contribution in [0.15, 0.2) is 21.8 Å². The molecule has 1 aromatic heterocycles. The molecule has 2 aliphatic rings. The van der Waals surface area contributed by atoms with Crippen molar-refractivity contribution in [1.82, 2.24) is 15.2 Å². The summed E-state index contributed by atoms with van der Waals surface area (Å²) in [6.07, 6.45) is 0. The molecule has 0 bridgehead atoms. The molecule has 0 aliphatic carbocycles. The number of nitrogen functional groups attached to an aromatic ring is 1. The zero-order valence-electron chi connectivity index (χ0n) is 15.8. The number of hydrogen-bond donors (Lipinski definition) is 3. The molecule has 0 aromatic carbocycles. The lowest BCUT2D eigenvalue weighted by Gasteiger charge is -2.49. The maximum Gasteiger partial charge on any atom is 0.352 e. The van der Waals surface area contributed by atoms with E-state index in [4.69, 9.17) is 10.5 Å². The summed E-state index contributed by atoms with van der Waals surface area (Å²) in [7, 11) is 1.25. The van der Waals surface area contributed by atoms with Crippen molar-refractivity contribution in [1.29, 1.82) is 0 Å². The number of aromatic nitrogens is 1. The number of carboxylic acid groups (broad SMARTS) is 1. The third-order valence-electron chi connectivity index (χ3n) is 4.15. The molecule has 0 spiro atoms. The van der Waals surface area contributed by atoms with E-state index in [2.05, 4.69) is 20.3 Å². The normalized spacial score (nSPS) is 20.9. The van der Waals surface area contributed by atoms with Gasteiger partial charge in [0.1, 0.15) is 36.5 Å². The summed E-state index contributed by atoms with van der Waals surface area (Å²) < 4.78 is 4.88. The summed E-state index contributed by atoms with van der Waals surface area (Å²) >= 11 is 2.35. The molecule has 0 unspecified atom stereocenters. The molecule has 2 atom stereocenters. The largest absolute Gasteiger partial charge is 0.477 e. The highest BCUT2D eigenvalue weighted by Gasteiger charge is 2.54. The van der Waals surface area contributed by atoms with Gasteiger partial charge in [-0.25, -0.2) is 9.78 Å². The molecule has 0 saturated carbocycles. The van der Waals surface area contributed by atoms with E-state index in [0.29, 0.717) is 5.57 Å². The second-order valence-electron chi connectivity index (χ2n) is 6.09. The van der Waals surface area contributed by atoms with Crippen LogP contribution >= 0.6 is 23.1 Å². The number of esters is 1. The summed E-state index contributed by atoms with van der Waals surface area (Å²) in [4.78, 5) is 57.8. The molecule has 0 radical (unpaired) electrons. The van der Waals surface area contributed by atoms with Crippen molar-refractivity contribution < 1.29 is 33.9 Å². The van der Waals surface area contributed by atoms with Crippen molar-refractivity contribution in [3.05, 3.63) is 22.3 Å². The van der Waals surface area contributed by atoms with E-state index >= 15 is 0 Å². The first-order chi connectivity index (χ1) is 14.2. The fourth-order valence-corrected chi connectivity index (χ4v) is 4.76. The van der Waals surface area contributed by atoms with E-state index < -0.39 is 35.2 Å². The first kappa shape index (κ1) is 21.6. The molecule has 1 aromatic rings. The number of nitrogens with zero attached hydrogens (tertiary/aromatic N) is 3. The first-order valence-electron chi connectivity index (χ1n) is 8.41. The van der Waals surface area contributed by atoms with Crippen molar-refractivity contribution in [3.63, 3.8) is 0 Å². The molecule has 30 heavy (non-hydrogen) atoms. The third-order valence-corrected chi connectivity index (χ3v) is 6.16. The third kappa shape index (κ3) is 4.09. The number of carbonyl (C=O) groups is 4. The molecular weight excluding hydrogens is 438 g/mol. The van der Waals surface area contributed by atoms with Gasteiger partial charge in [0, 0.05) is 23.6 Å². The number of β-lactam (4-membered cyclic amide) rings is 1. The average Bonchev–Trinajstić information content (AvgIpc) is 3.13. The van der Waals surface area contributed by atoms with Gasteiger partial charge in [-0.2, -0.15) is 0 Å². The lowest BCUT2D eigenvalue weighted by Crippen LogP contribution is -2.71. The van der Waals surface area contributed by atoms with Gasteiger partial charge in [0.15, 0.2) is 10.8 Å².